The predicted octanol–water partition coefficient (Wildman–Crippen LogP) is 1.46. The van der Waals surface area contributed by atoms with Crippen molar-refractivity contribution in [2.75, 3.05) is 5.73 Å². The fourth-order valence-corrected chi connectivity index (χ4v) is 2.15. The maximum Gasteiger partial charge on any atom is 0.263 e. The Kier molecular flexibility index (Phi) is 2.52. The van der Waals surface area contributed by atoms with Gasteiger partial charge in [0, 0.05) is 18.1 Å². The number of imide groups is 1. The number of nitrogens with zero attached hydrogens (tertiary/aromatic N) is 2. The minimum Gasteiger partial charge on any atom is -0.399 e. The van der Waals surface area contributed by atoms with Gasteiger partial charge in [0.25, 0.3) is 11.8 Å². The van der Waals surface area contributed by atoms with Crippen LogP contribution in [0.25, 0.3) is 0 Å². The van der Waals surface area contributed by atoms with E-state index in [1.807, 2.05) is 6.07 Å². The van der Waals surface area contributed by atoms with Crippen molar-refractivity contribution < 1.29 is 9.59 Å². The highest BCUT2D eigenvalue weighted by Gasteiger charge is 2.35. The van der Waals surface area contributed by atoms with Crippen LogP contribution in [0, 0.1) is 0 Å². The summed E-state index contributed by atoms with van der Waals surface area (Å²) in [7, 11) is 0. The lowest BCUT2D eigenvalue weighted by Crippen LogP contribution is -2.29. The summed E-state index contributed by atoms with van der Waals surface area (Å²) in [5.41, 5.74) is 7.88. The molecule has 19 heavy (non-hydrogen) atoms. The van der Waals surface area contributed by atoms with Crippen molar-refractivity contribution in [3.05, 3.63) is 59.4 Å². The molecule has 0 saturated carbocycles. The number of benzene rings is 1. The second-order valence-electron chi connectivity index (χ2n) is 4.36. The zero-order valence-corrected chi connectivity index (χ0v) is 10.0. The second-order valence-corrected chi connectivity index (χ2v) is 4.36. The summed E-state index contributed by atoms with van der Waals surface area (Å²) >= 11 is 0. The monoisotopic (exact) mass is 253 g/mol. The Morgan fingerprint density at radius 2 is 1.89 bits per heavy atom. The van der Waals surface area contributed by atoms with Crippen LogP contribution >= 0.6 is 0 Å². The van der Waals surface area contributed by atoms with Gasteiger partial charge >= 0.3 is 0 Å². The van der Waals surface area contributed by atoms with Gasteiger partial charge in [-0.05, 0) is 23.8 Å². The van der Waals surface area contributed by atoms with Crippen LogP contribution in [0.5, 0.6) is 0 Å². The third-order valence-corrected chi connectivity index (χ3v) is 3.06. The van der Waals surface area contributed by atoms with Gasteiger partial charge in [0.05, 0.1) is 17.7 Å². The molecular weight excluding hydrogens is 242 g/mol. The van der Waals surface area contributed by atoms with E-state index in [0.29, 0.717) is 16.8 Å². The van der Waals surface area contributed by atoms with Gasteiger partial charge in [-0.25, -0.2) is 0 Å². The second kappa shape index (κ2) is 4.20. The molecular formula is C14H11N3O2. The number of pyridine rings is 1. The quantitative estimate of drug-likeness (QED) is 0.649. The van der Waals surface area contributed by atoms with Crippen molar-refractivity contribution in [3.63, 3.8) is 0 Å². The van der Waals surface area contributed by atoms with Crippen molar-refractivity contribution >= 4 is 17.5 Å². The van der Waals surface area contributed by atoms with Crippen LogP contribution < -0.4 is 5.73 Å². The van der Waals surface area contributed by atoms with E-state index in [4.69, 9.17) is 5.73 Å². The van der Waals surface area contributed by atoms with E-state index < -0.39 is 0 Å². The molecule has 0 radical (unpaired) electrons. The highest BCUT2D eigenvalue weighted by Crippen LogP contribution is 2.23. The number of anilines is 1. The van der Waals surface area contributed by atoms with E-state index >= 15 is 0 Å². The van der Waals surface area contributed by atoms with Crippen molar-refractivity contribution in [2.45, 2.75) is 6.54 Å². The minimum absolute atomic E-state index is 0.220. The summed E-state index contributed by atoms with van der Waals surface area (Å²) in [5, 5.41) is 0. The number of carbonyl (C=O) groups is 2. The maximum absolute atomic E-state index is 12.1. The van der Waals surface area contributed by atoms with Gasteiger partial charge in [-0.1, -0.05) is 12.1 Å². The zero-order valence-electron chi connectivity index (χ0n) is 10.0. The Morgan fingerprint density at radius 1 is 1.11 bits per heavy atom. The average Bonchev–Trinajstić information content (AvgIpc) is 2.65. The molecule has 1 aliphatic heterocycles. The number of nitrogen functional groups attached to an aromatic ring is 1. The number of hydrogen-bond donors (Lipinski definition) is 1. The standard InChI is InChI=1S/C14H11N3O2/c15-10-3-1-2-9(6-10)8-17-13(18)11-4-5-16-7-12(11)14(17)19/h1-7H,8,15H2. The molecule has 0 aliphatic carbocycles. The average molecular weight is 253 g/mol. The Morgan fingerprint density at radius 3 is 2.63 bits per heavy atom. The van der Waals surface area contributed by atoms with Crippen LogP contribution in [0.2, 0.25) is 0 Å². The third kappa shape index (κ3) is 1.85. The number of amides is 2. The summed E-state index contributed by atoms with van der Waals surface area (Å²) in [6.07, 6.45) is 2.93. The molecule has 1 aromatic heterocycles. The third-order valence-electron chi connectivity index (χ3n) is 3.06. The number of aromatic nitrogens is 1. The minimum atomic E-state index is -0.310. The molecule has 2 N–H and O–H groups in total. The Labute approximate surface area is 109 Å². The Balaban J connectivity index is 1.92. The Bertz CT molecular complexity index is 647. The summed E-state index contributed by atoms with van der Waals surface area (Å²) in [4.78, 5) is 29.4. The highest BCUT2D eigenvalue weighted by atomic mass is 16.2. The smallest absolute Gasteiger partial charge is 0.263 e. The van der Waals surface area contributed by atoms with Crippen LogP contribution in [0.4, 0.5) is 5.69 Å². The number of carbonyl (C=O) groups excluding carboxylic acids is 2. The lowest BCUT2D eigenvalue weighted by molar-refractivity contribution is 0.0642. The van der Waals surface area contributed by atoms with Gasteiger partial charge in [-0.2, -0.15) is 0 Å². The van der Waals surface area contributed by atoms with Crippen LogP contribution in [-0.4, -0.2) is 21.7 Å². The lowest BCUT2D eigenvalue weighted by Gasteiger charge is -2.13. The van der Waals surface area contributed by atoms with Crippen molar-refractivity contribution in [2.24, 2.45) is 0 Å². The lowest BCUT2D eigenvalue weighted by atomic mass is 10.2. The molecule has 0 unspecified atom stereocenters. The van der Waals surface area contributed by atoms with Crippen LogP contribution in [0.15, 0.2) is 42.7 Å². The number of hydrogen-bond acceptors (Lipinski definition) is 4. The topological polar surface area (TPSA) is 76.3 Å². The van der Waals surface area contributed by atoms with Gasteiger partial charge in [-0.15, -0.1) is 0 Å². The normalized spacial score (nSPS) is 13.8. The van der Waals surface area contributed by atoms with Crippen LogP contribution in [-0.2, 0) is 6.54 Å². The fourth-order valence-electron chi connectivity index (χ4n) is 2.15. The molecule has 0 bridgehead atoms. The number of rotatable bonds is 2. The van der Waals surface area contributed by atoms with Crippen molar-refractivity contribution in [3.8, 4) is 0 Å². The first-order chi connectivity index (χ1) is 9.16. The van der Waals surface area contributed by atoms with Gasteiger partial charge < -0.3 is 5.73 Å². The summed E-state index contributed by atoms with van der Waals surface area (Å²) in [6, 6.07) is 8.70. The first-order valence-corrected chi connectivity index (χ1v) is 5.81. The SMILES string of the molecule is Nc1cccc(CN2C(=O)c3ccncc3C2=O)c1. The van der Waals surface area contributed by atoms with Crippen molar-refractivity contribution in [1.82, 2.24) is 9.88 Å². The van der Waals surface area contributed by atoms with Crippen LogP contribution in [0.1, 0.15) is 26.3 Å². The van der Waals surface area contributed by atoms with Gasteiger partial charge in [0.15, 0.2) is 0 Å². The summed E-state index contributed by atoms with van der Waals surface area (Å²) < 4.78 is 0. The molecule has 5 heteroatoms. The molecule has 0 saturated heterocycles. The van der Waals surface area contributed by atoms with E-state index in [2.05, 4.69) is 4.98 Å². The molecule has 5 nitrogen and oxygen atoms in total. The molecule has 2 amide bonds. The fraction of sp³-hybridized carbons (Fsp3) is 0.0714. The molecule has 2 heterocycles. The van der Waals surface area contributed by atoms with Gasteiger partial charge in [0.1, 0.15) is 0 Å². The molecule has 94 valence electrons. The zero-order chi connectivity index (χ0) is 13.4. The molecule has 0 fully saturated rings. The van der Waals surface area contributed by atoms with Crippen LogP contribution in [0.3, 0.4) is 0 Å². The molecule has 0 spiro atoms. The van der Waals surface area contributed by atoms with E-state index in [1.54, 1.807) is 24.3 Å². The van der Waals surface area contributed by atoms with Gasteiger partial charge in [0.2, 0.25) is 0 Å². The van der Waals surface area contributed by atoms with Gasteiger partial charge in [-0.3, -0.25) is 19.5 Å². The molecule has 0 atom stereocenters. The molecule has 3 rings (SSSR count). The maximum atomic E-state index is 12.1. The molecule has 1 aliphatic rings. The largest absolute Gasteiger partial charge is 0.399 e. The first-order valence-electron chi connectivity index (χ1n) is 5.81. The van der Waals surface area contributed by atoms with E-state index in [0.717, 1.165) is 5.56 Å². The predicted molar refractivity (Wildman–Crippen MR) is 69.3 cm³/mol. The van der Waals surface area contributed by atoms with E-state index in [9.17, 15) is 9.59 Å². The molecule has 1 aromatic carbocycles. The molecule has 2 aromatic rings. The highest BCUT2D eigenvalue weighted by molar-refractivity contribution is 6.21. The number of nitrogens with two attached hydrogens (primary N) is 1. The summed E-state index contributed by atoms with van der Waals surface area (Å²) in [6.45, 7) is 0.220. The van der Waals surface area contributed by atoms with Crippen molar-refractivity contribution in [1.29, 1.82) is 0 Å². The van der Waals surface area contributed by atoms with E-state index in [-0.39, 0.29) is 18.4 Å². The number of fused-ring (bicyclic) bond motifs is 1. The van der Waals surface area contributed by atoms with E-state index in [1.165, 1.54) is 17.3 Å². The first kappa shape index (κ1) is 11.4. The Hall–Kier alpha value is -2.69. The summed E-state index contributed by atoms with van der Waals surface area (Å²) in [5.74, 6) is -0.597.